The number of halogens is 1. The van der Waals surface area contributed by atoms with Crippen LogP contribution in [0, 0.1) is 5.82 Å². The highest BCUT2D eigenvalue weighted by molar-refractivity contribution is 7.57. The number of fused-ring (bicyclic) bond motifs is 2. The molecule has 45 heavy (non-hydrogen) atoms. The summed E-state index contributed by atoms with van der Waals surface area (Å²) < 4.78 is 40.0. The third-order valence-electron chi connectivity index (χ3n) is 7.20. The van der Waals surface area contributed by atoms with Crippen LogP contribution in [0.3, 0.4) is 0 Å². The smallest absolute Gasteiger partial charge is 0.318 e. The van der Waals surface area contributed by atoms with Crippen LogP contribution in [0.5, 0.6) is 17.4 Å². The molecule has 3 atom stereocenters. The van der Waals surface area contributed by atoms with E-state index in [2.05, 4.69) is 15.4 Å². The van der Waals surface area contributed by atoms with E-state index in [9.17, 15) is 29.1 Å². The number of aliphatic hydroxyl groups excluding tert-OH is 1. The number of rotatable bonds is 13. The van der Waals surface area contributed by atoms with Crippen molar-refractivity contribution < 1.29 is 38.3 Å². The minimum absolute atomic E-state index is 0.0342. The van der Waals surface area contributed by atoms with Gasteiger partial charge in [-0.1, -0.05) is 36.4 Å². The van der Waals surface area contributed by atoms with Gasteiger partial charge in [-0.2, -0.15) is 0 Å². The number of phenolic OH excluding ortho intramolecular Hbond substituents is 1. The van der Waals surface area contributed by atoms with E-state index in [-0.39, 0.29) is 59.3 Å². The van der Waals surface area contributed by atoms with Gasteiger partial charge in [0, 0.05) is 36.3 Å². The number of hydrogen-bond acceptors (Lipinski definition) is 8. The van der Waals surface area contributed by atoms with Crippen LogP contribution in [0.2, 0.25) is 0 Å². The van der Waals surface area contributed by atoms with Crippen molar-refractivity contribution in [1.82, 2.24) is 20.0 Å². The zero-order valence-electron chi connectivity index (χ0n) is 24.7. The topological polar surface area (TPSA) is 155 Å². The minimum Gasteiger partial charge on any atom is -0.505 e. The summed E-state index contributed by atoms with van der Waals surface area (Å²) in [7, 11) is -3.70. The number of benzene rings is 3. The Labute approximate surface area is 258 Å². The van der Waals surface area contributed by atoms with Gasteiger partial charge in [-0.15, -0.1) is 0 Å². The maximum absolute atomic E-state index is 14.0. The van der Waals surface area contributed by atoms with Gasteiger partial charge < -0.3 is 34.5 Å². The molecule has 11 nitrogen and oxygen atoms in total. The lowest BCUT2D eigenvalue weighted by molar-refractivity contribution is -0.109. The van der Waals surface area contributed by atoms with Crippen molar-refractivity contribution in [3.05, 3.63) is 96.1 Å². The normalized spacial score (nSPS) is 14.2. The number of nitrogens with one attached hydrogen (secondary N) is 2. The SMILES string of the molecule is CCO[C@@H](O)[C@H](C)NP(=O)(CCNC(=O)c1c2cccnc2c(O)c2c(O)n(Cc3ccc(F)cc3)cc12)Oc1ccccc1. The van der Waals surface area contributed by atoms with Crippen LogP contribution >= 0.6 is 7.52 Å². The van der Waals surface area contributed by atoms with Crippen molar-refractivity contribution in [2.75, 3.05) is 19.3 Å². The van der Waals surface area contributed by atoms with Gasteiger partial charge in [-0.25, -0.2) is 9.48 Å². The van der Waals surface area contributed by atoms with Crippen LogP contribution in [-0.2, 0) is 15.8 Å². The summed E-state index contributed by atoms with van der Waals surface area (Å²) in [6.45, 7) is 3.62. The van der Waals surface area contributed by atoms with E-state index in [4.69, 9.17) is 9.26 Å². The highest BCUT2D eigenvalue weighted by Gasteiger charge is 2.31. The molecule has 0 aliphatic carbocycles. The summed E-state index contributed by atoms with van der Waals surface area (Å²) in [6, 6.07) is 16.8. The van der Waals surface area contributed by atoms with E-state index >= 15 is 0 Å². The van der Waals surface area contributed by atoms with Gasteiger partial charge in [-0.3, -0.25) is 14.3 Å². The monoisotopic (exact) mass is 636 g/mol. The average Bonchev–Trinajstić information content (AvgIpc) is 3.34. The molecule has 3 aromatic carbocycles. The van der Waals surface area contributed by atoms with Crippen molar-refractivity contribution in [3.8, 4) is 17.4 Å². The standard InChI is InChI=1S/C32H34FN4O7P/c1-3-43-32(41)20(2)36-45(42,44-23-8-5-4-6-9-23)17-16-35-30(39)26-24-10-7-15-34-28(24)29(38)27-25(26)19-37(31(27)40)18-21-11-13-22(33)14-12-21/h4-15,19-20,32,38,40-41H,3,16-18H2,1-2H3,(H,35,39)(H,36,42)/t20-,32+,45?/m0/s1. The Morgan fingerprint density at radius 1 is 1.07 bits per heavy atom. The van der Waals surface area contributed by atoms with Gasteiger partial charge in [-0.05, 0) is 49.7 Å². The molecular weight excluding hydrogens is 602 g/mol. The summed E-state index contributed by atoms with van der Waals surface area (Å²) in [5, 5.41) is 38.8. The number of aliphatic hydroxyl groups is 1. The molecule has 0 bridgehead atoms. The first-order valence-corrected chi connectivity index (χ1v) is 16.2. The molecule has 2 heterocycles. The fourth-order valence-corrected chi connectivity index (χ4v) is 6.95. The Hall–Kier alpha value is -4.48. The number of ether oxygens (including phenoxy) is 1. The minimum atomic E-state index is -3.70. The number of aromatic hydroxyl groups is 2. The quantitative estimate of drug-likeness (QED) is 0.0875. The zero-order chi connectivity index (χ0) is 32.1. The highest BCUT2D eigenvalue weighted by Crippen LogP contribution is 2.44. The van der Waals surface area contributed by atoms with Crippen molar-refractivity contribution in [1.29, 1.82) is 0 Å². The average molecular weight is 637 g/mol. The van der Waals surface area contributed by atoms with Crippen LogP contribution in [0.4, 0.5) is 4.39 Å². The first-order chi connectivity index (χ1) is 21.6. The first-order valence-electron chi connectivity index (χ1n) is 14.4. The third-order valence-corrected chi connectivity index (χ3v) is 9.32. The molecule has 0 fully saturated rings. The third kappa shape index (κ3) is 7.10. The van der Waals surface area contributed by atoms with Crippen LogP contribution in [0.25, 0.3) is 21.7 Å². The number of carbonyl (C=O) groups excluding carboxylic acids is 1. The summed E-state index contributed by atoms with van der Waals surface area (Å²) >= 11 is 0. The second kappa shape index (κ2) is 13.7. The van der Waals surface area contributed by atoms with Crippen molar-refractivity contribution in [2.24, 2.45) is 0 Å². The molecule has 236 valence electrons. The van der Waals surface area contributed by atoms with Crippen LogP contribution in [0.15, 0.2) is 79.1 Å². The van der Waals surface area contributed by atoms with Crippen molar-refractivity contribution >= 4 is 35.1 Å². The Bertz CT molecular complexity index is 1850. The fraction of sp³-hybridized carbons (Fsp3) is 0.250. The Morgan fingerprint density at radius 2 is 1.80 bits per heavy atom. The molecule has 13 heteroatoms. The molecule has 0 aliphatic heterocycles. The number of phenols is 1. The van der Waals surface area contributed by atoms with Gasteiger partial charge in [0.25, 0.3) is 5.91 Å². The van der Waals surface area contributed by atoms with E-state index in [1.807, 2.05) is 0 Å². The second-order valence-electron chi connectivity index (χ2n) is 10.4. The first kappa shape index (κ1) is 31.9. The largest absolute Gasteiger partial charge is 0.505 e. The highest BCUT2D eigenvalue weighted by atomic mass is 31.2. The lowest BCUT2D eigenvalue weighted by atomic mass is 10.0. The van der Waals surface area contributed by atoms with Crippen LogP contribution in [0.1, 0.15) is 29.8 Å². The molecule has 1 unspecified atom stereocenters. The van der Waals surface area contributed by atoms with Gasteiger partial charge in [0.15, 0.2) is 12.0 Å². The molecule has 0 saturated carbocycles. The van der Waals surface area contributed by atoms with E-state index < -0.39 is 31.6 Å². The van der Waals surface area contributed by atoms with Crippen molar-refractivity contribution in [2.45, 2.75) is 32.7 Å². The molecular formula is C32H34FN4O7P. The molecule has 0 radical (unpaired) electrons. The predicted molar refractivity (Wildman–Crippen MR) is 168 cm³/mol. The number of aromatic nitrogens is 2. The summed E-state index contributed by atoms with van der Waals surface area (Å²) in [5.74, 6) is -1.21. The molecule has 1 amide bonds. The Kier molecular flexibility index (Phi) is 9.69. The molecule has 5 rings (SSSR count). The summed E-state index contributed by atoms with van der Waals surface area (Å²) in [6.07, 6.45) is 1.61. The van der Waals surface area contributed by atoms with Gasteiger partial charge in [0.1, 0.15) is 17.1 Å². The van der Waals surface area contributed by atoms with E-state index in [0.29, 0.717) is 16.7 Å². The fourth-order valence-electron chi connectivity index (χ4n) is 5.06. The van der Waals surface area contributed by atoms with Gasteiger partial charge in [0.05, 0.1) is 29.7 Å². The number of pyridine rings is 1. The van der Waals surface area contributed by atoms with Crippen LogP contribution in [-0.4, -0.2) is 62.4 Å². The number of para-hydroxylation sites is 1. The second-order valence-corrected chi connectivity index (χ2v) is 12.7. The lowest BCUT2D eigenvalue weighted by Gasteiger charge is -2.27. The van der Waals surface area contributed by atoms with E-state index in [1.165, 1.54) is 29.1 Å². The number of amides is 1. The maximum atomic E-state index is 14.0. The van der Waals surface area contributed by atoms with Gasteiger partial charge >= 0.3 is 7.52 Å². The van der Waals surface area contributed by atoms with Gasteiger partial charge in [0.2, 0.25) is 5.88 Å². The van der Waals surface area contributed by atoms with Crippen LogP contribution < -0.4 is 14.9 Å². The lowest BCUT2D eigenvalue weighted by Crippen LogP contribution is -2.39. The summed E-state index contributed by atoms with van der Waals surface area (Å²) in [4.78, 5) is 18.0. The number of carbonyl (C=O) groups is 1. The predicted octanol–water partition coefficient (Wildman–Crippen LogP) is 5.12. The molecule has 5 aromatic rings. The molecule has 5 N–H and O–H groups in total. The Morgan fingerprint density at radius 3 is 2.51 bits per heavy atom. The van der Waals surface area contributed by atoms with E-state index in [0.717, 1.165) is 0 Å². The van der Waals surface area contributed by atoms with E-state index in [1.54, 1.807) is 68.4 Å². The molecule has 0 spiro atoms. The number of nitrogens with zero attached hydrogens (tertiary/aromatic N) is 2. The summed E-state index contributed by atoms with van der Waals surface area (Å²) in [5.41, 5.74) is 0.944. The molecule has 2 aromatic heterocycles. The van der Waals surface area contributed by atoms with Crippen molar-refractivity contribution in [3.63, 3.8) is 0 Å². The molecule has 0 aliphatic rings. The zero-order valence-corrected chi connectivity index (χ0v) is 25.6. The number of hydrogen-bond donors (Lipinski definition) is 5. The Balaban J connectivity index is 1.44. The molecule has 0 saturated heterocycles. The maximum Gasteiger partial charge on any atom is 0.318 e.